The summed E-state index contributed by atoms with van der Waals surface area (Å²) in [5, 5.41) is 22.2. The lowest BCUT2D eigenvalue weighted by atomic mass is 9.74. The molecule has 0 aliphatic carbocycles. The van der Waals surface area contributed by atoms with Crippen LogP contribution >= 0.6 is 11.6 Å². The number of fused-ring (bicyclic) bond motifs is 1. The van der Waals surface area contributed by atoms with Crippen LogP contribution in [0.1, 0.15) is 49.3 Å². The number of piperidine rings is 1. The zero-order valence-electron chi connectivity index (χ0n) is 20.7. The summed E-state index contributed by atoms with van der Waals surface area (Å²) in [5.74, 6) is -1.34. The number of aliphatic carboxylic acids is 1. The predicted molar refractivity (Wildman–Crippen MR) is 138 cm³/mol. The topological polar surface area (TPSA) is 82.9 Å². The van der Waals surface area contributed by atoms with Crippen LogP contribution in [0, 0.1) is 17.0 Å². The van der Waals surface area contributed by atoms with Gasteiger partial charge in [0.05, 0.1) is 29.2 Å². The summed E-state index contributed by atoms with van der Waals surface area (Å²) in [7, 11) is 1.55. The fraction of sp³-hybridized carbons (Fsp3) is 0.429. The number of benzene rings is 2. The molecule has 9 heteroatoms. The Morgan fingerprint density at radius 3 is 2.57 bits per heavy atom. The van der Waals surface area contributed by atoms with E-state index in [0.717, 1.165) is 0 Å². The molecule has 0 saturated carbocycles. The standard InChI is InChI=1S/C28H31ClF2N2O4/c1-37-18-7-8-24-20(16-18)26(21(29)17-32-24)25(34)9-10-28(27(35)36)11-14-33(15-12-28)13-3-4-19-22(30)5-2-6-23(19)31/h2,5-8,16-17,25,34H,3-4,9-15H2,1H3,(H,35,36). The molecule has 0 amide bonds. The van der Waals surface area contributed by atoms with Crippen molar-refractivity contribution in [2.45, 2.75) is 44.6 Å². The SMILES string of the molecule is COc1ccc2ncc(Cl)c(C(O)CCC3(C(=O)O)CCN(CCCc4c(F)cccc4F)CC3)c2c1. The molecule has 0 spiro atoms. The molecule has 1 atom stereocenters. The van der Waals surface area contributed by atoms with Gasteiger partial charge in [-0.25, -0.2) is 8.78 Å². The largest absolute Gasteiger partial charge is 0.497 e. The molecule has 1 aromatic heterocycles. The number of hydrogen-bond acceptors (Lipinski definition) is 5. The van der Waals surface area contributed by atoms with Crippen molar-refractivity contribution in [1.29, 1.82) is 0 Å². The van der Waals surface area contributed by atoms with Crippen molar-refractivity contribution in [1.82, 2.24) is 9.88 Å². The van der Waals surface area contributed by atoms with Crippen LogP contribution in [0.25, 0.3) is 10.9 Å². The van der Waals surface area contributed by atoms with E-state index in [1.165, 1.54) is 24.4 Å². The maximum atomic E-state index is 13.9. The molecule has 3 aromatic rings. The molecule has 37 heavy (non-hydrogen) atoms. The molecule has 2 N–H and O–H groups in total. The number of aliphatic hydroxyl groups is 1. The minimum absolute atomic E-state index is 0.0910. The highest BCUT2D eigenvalue weighted by molar-refractivity contribution is 6.32. The maximum Gasteiger partial charge on any atom is 0.309 e. The molecule has 0 bridgehead atoms. The molecule has 0 radical (unpaired) electrons. The van der Waals surface area contributed by atoms with Crippen molar-refractivity contribution in [3.05, 3.63) is 70.4 Å². The van der Waals surface area contributed by atoms with Crippen molar-refractivity contribution < 1.29 is 28.5 Å². The quantitative estimate of drug-likeness (QED) is 0.344. The second kappa shape index (κ2) is 11.7. The van der Waals surface area contributed by atoms with Gasteiger partial charge in [0.2, 0.25) is 0 Å². The third kappa shape index (κ3) is 6.03. The van der Waals surface area contributed by atoms with Gasteiger partial charge in [0.1, 0.15) is 17.4 Å². The molecule has 6 nitrogen and oxygen atoms in total. The fourth-order valence-corrected chi connectivity index (χ4v) is 5.49. The van der Waals surface area contributed by atoms with Gasteiger partial charge in [-0.2, -0.15) is 0 Å². The highest BCUT2D eigenvalue weighted by Gasteiger charge is 2.41. The third-order valence-corrected chi connectivity index (χ3v) is 7.83. The van der Waals surface area contributed by atoms with Crippen molar-refractivity contribution >= 4 is 28.5 Å². The van der Waals surface area contributed by atoms with E-state index in [-0.39, 0.29) is 18.4 Å². The fourth-order valence-electron chi connectivity index (χ4n) is 5.22. The summed E-state index contributed by atoms with van der Waals surface area (Å²) in [5.41, 5.74) is 0.315. The minimum Gasteiger partial charge on any atom is -0.497 e. The molecule has 1 aliphatic rings. The van der Waals surface area contributed by atoms with Gasteiger partial charge in [0.25, 0.3) is 0 Å². The molecule has 1 saturated heterocycles. The molecular weight excluding hydrogens is 502 g/mol. The monoisotopic (exact) mass is 532 g/mol. The van der Waals surface area contributed by atoms with E-state index in [9.17, 15) is 23.8 Å². The number of hydrogen-bond donors (Lipinski definition) is 2. The summed E-state index contributed by atoms with van der Waals surface area (Å²) >= 11 is 6.41. The summed E-state index contributed by atoms with van der Waals surface area (Å²) in [6, 6.07) is 9.20. The number of carboxylic acid groups (broad SMARTS) is 1. The number of aliphatic hydroxyl groups excluding tert-OH is 1. The van der Waals surface area contributed by atoms with E-state index in [1.54, 1.807) is 25.3 Å². The van der Waals surface area contributed by atoms with Crippen LogP contribution in [-0.2, 0) is 11.2 Å². The smallest absolute Gasteiger partial charge is 0.309 e. The van der Waals surface area contributed by atoms with Crippen molar-refractivity contribution in [2.75, 3.05) is 26.7 Å². The Kier molecular flexibility index (Phi) is 8.62. The number of likely N-dealkylation sites (tertiary alicyclic amines) is 1. The van der Waals surface area contributed by atoms with Crippen LogP contribution in [0.15, 0.2) is 42.6 Å². The molecule has 1 aliphatic heterocycles. The molecule has 4 rings (SSSR count). The molecule has 2 heterocycles. The molecule has 2 aromatic carbocycles. The number of carboxylic acids is 1. The average Bonchev–Trinajstić information content (AvgIpc) is 2.89. The first-order valence-electron chi connectivity index (χ1n) is 12.4. The van der Waals surface area contributed by atoms with E-state index >= 15 is 0 Å². The lowest BCUT2D eigenvalue weighted by molar-refractivity contribution is -0.153. The summed E-state index contributed by atoms with van der Waals surface area (Å²) in [6.07, 6.45) is 2.79. The van der Waals surface area contributed by atoms with Gasteiger partial charge in [-0.3, -0.25) is 9.78 Å². The zero-order valence-corrected chi connectivity index (χ0v) is 21.5. The first-order chi connectivity index (χ1) is 17.7. The number of halogens is 3. The number of methoxy groups -OCH3 is 1. The first-order valence-corrected chi connectivity index (χ1v) is 12.8. The van der Waals surface area contributed by atoms with E-state index in [1.807, 2.05) is 0 Å². The zero-order chi connectivity index (χ0) is 26.6. The van der Waals surface area contributed by atoms with Gasteiger partial charge in [-0.1, -0.05) is 17.7 Å². The summed E-state index contributed by atoms with van der Waals surface area (Å²) in [4.78, 5) is 18.8. The van der Waals surface area contributed by atoms with E-state index in [0.29, 0.717) is 72.6 Å². The van der Waals surface area contributed by atoms with Crippen molar-refractivity contribution in [3.63, 3.8) is 0 Å². The van der Waals surface area contributed by atoms with Crippen LogP contribution < -0.4 is 4.74 Å². The Morgan fingerprint density at radius 2 is 1.92 bits per heavy atom. The van der Waals surface area contributed by atoms with Crippen molar-refractivity contribution in [2.24, 2.45) is 5.41 Å². The highest BCUT2D eigenvalue weighted by Crippen LogP contribution is 2.41. The molecule has 1 fully saturated rings. The van der Waals surface area contributed by atoms with Gasteiger partial charge in [0.15, 0.2) is 0 Å². The van der Waals surface area contributed by atoms with Gasteiger partial charge >= 0.3 is 5.97 Å². The van der Waals surface area contributed by atoms with Crippen LogP contribution in [0.4, 0.5) is 8.78 Å². The number of ether oxygens (including phenoxy) is 1. The molecular formula is C28H31ClF2N2O4. The third-order valence-electron chi connectivity index (χ3n) is 7.53. The summed E-state index contributed by atoms with van der Waals surface area (Å²) < 4.78 is 33.0. The first kappa shape index (κ1) is 27.2. The Bertz CT molecular complexity index is 1240. The second-order valence-electron chi connectivity index (χ2n) is 9.69. The van der Waals surface area contributed by atoms with Crippen LogP contribution in [-0.4, -0.2) is 52.8 Å². The minimum atomic E-state index is -0.963. The van der Waals surface area contributed by atoms with Crippen molar-refractivity contribution in [3.8, 4) is 5.75 Å². The highest BCUT2D eigenvalue weighted by atomic mass is 35.5. The molecule has 1 unspecified atom stereocenters. The maximum absolute atomic E-state index is 13.9. The van der Waals surface area contributed by atoms with E-state index in [4.69, 9.17) is 16.3 Å². The lowest BCUT2D eigenvalue weighted by Crippen LogP contribution is -2.44. The van der Waals surface area contributed by atoms with E-state index in [2.05, 4.69) is 9.88 Å². The van der Waals surface area contributed by atoms with Gasteiger partial charge < -0.3 is 19.8 Å². The number of aromatic nitrogens is 1. The van der Waals surface area contributed by atoms with Crippen LogP contribution in [0.5, 0.6) is 5.75 Å². The Labute approximate surface area is 219 Å². The number of pyridine rings is 1. The Hall–Kier alpha value is -2.81. The molecule has 198 valence electrons. The number of carbonyl (C=O) groups is 1. The van der Waals surface area contributed by atoms with Gasteiger partial charge in [-0.05, 0) is 88.5 Å². The average molecular weight is 533 g/mol. The van der Waals surface area contributed by atoms with E-state index < -0.39 is 29.1 Å². The normalized spacial score (nSPS) is 16.6. The predicted octanol–water partition coefficient (Wildman–Crippen LogP) is 5.79. The Balaban J connectivity index is 1.38. The van der Waals surface area contributed by atoms with Crippen LogP contribution in [0.3, 0.4) is 0 Å². The number of rotatable bonds is 10. The van der Waals surface area contributed by atoms with Gasteiger partial charge in [-0.15, -0.1) is 0 Å². The Morgan fingerprint density at radius 1 is 1.22 bits per heavy atom. The number of nitrogens with zero attached hydrogens (tertiary/aromatic N) is 2. The second-order valence-corrected chi connectivity index (χ2v) is 10.1. The summed E-state index contributed by atoms with van der Waals surface area (Å²) in [6.45, 7) is 1.77. The lowest BCUT2D eigenvalue weighted by Gasteiger charge is -2.39. The van der Waals surface area contributed by atoms with Crippen LogP contribution in [0.2, 0.25) is 5.02 Å². The van der Waals surface area contributed by atoms with Gasteiger partial charge in [0, 0.05) is 22.7 Å².